The van der Waals surface area contributed by atoms with Gasteiger partial charge in [-0.3, -0.25) is 9.59 Å². The molecule has 0 fully saturated rings. The molecule has 0 saturated carbocycles. The molecule has 0 radical (unpaired) electrons. The largest absolute Gasteiger partial charge is 0.481 e. The Balaban J connectivity index is 1.42. The number of aromatic amines is 1. The van der Waals surface area contributed by atoms with Gasteiger partial charge in [-0.2, -0.15) is 0 Å². The summed E-state index contributed by atoms with van der Waals surface area (Å²) in [5.74, 6) is -0.214. The predicted molar refractivity (Wildman–Crippen MR) is 116 cm³/mol. The summed E-state index contributed by atoms with van der Waals surface area (Å²) < 4.78 is 5.76. The van der Waals surface area contributed by atoms with Crippen molar-refractivity contribution in [2.24, 2.45) is 0 Å². The van der Waals surface area contributed by atoms with Crippen LogP contribution in [-0.2, 0) is 11.2 Å². The van der Waals surface area contributed by atoms with E-state index >= 15 is 0 Å². The minimum atomic E-state index is -0.926. The van der Waals surface area contributed by atoms with Crippen LogP contribution in [0, 0.1) is 0 Å². The zero-order valence-electron chi connectivity index (χ0n) is 15.7. The number of aromatic nitrogens is 1. The molecule has 0 aliphatic rings. The van der Waals surface area contributed by atoms with E-state index in [1.165, 1.54) is 0 Å². The van der Waals surface area contributed by atoms with Crippen LogP contribution in [0.3, 0.4) is 0 Å². The fourth-order valence-corrected chi connectivity index (χ4v) is 3.28. The van der Waals surface area contributed by atoms with E-state index in [-0.39, 0.29) is 12.3 Å². The number of anilines is 1. The van der Waals surface area contributed by atoms with Gasteiger partial charge >= 0.3 is 5.97 Å². The second-order valence-corrected chi connectivity index (χ2v) is 7.09. The molecule has 0 unspecified atom stereocenters. The number of fused-ring (bicyclic) bond motifs is 1. The standard InChI is InChI=1S/C23H17ClN2O4/c24-18-11-14(12-22(27)28)5-10-21(18)30-17-8-6-16(7-9-17)25-23(29)20-13-15-3-1-2-4-19(15)26-20/h1-11,13,26H,12H2,(H,25,29)(H,27,28). The summed E-state index contributed by atoms with van der Waals surface area (Å²) in [6.07, 6.45) is -0.106. The lowest BCUT2D eigenvalue weighted by atomic mass is 10.1. The van der Waals surface area contributed by atoms with Crippen LogP contribution < -0.4 is 10.1 Å². The van der Waals surface area contributed by atoms with Gasteiger partial charge in [0.15, 0.2) is 0 Å². The van der Waals surface area contributed by atoms with Gasteiger partial charge in [-0.1, -0.05) is 35.9 Å². The van der Waals surface area contributed by atoms with E-state index in [9.17, 15) is 9.59 Å². The Hall–Kier alpha value is -3.77. The summed E-state index contributed by atoms with van der Waals surface area (Å²) in [5, 5.41) is 13.0. The molecule has 1 amide bonds. The SMILES string of the molecule is O=C(O)Cc1ccc(Oc2ccc(NC(=O)c3cc4ccccc4[nH]3)cc2)c(Cl)c1. The molecule has 4 aromatic rings. The lowest BCUT2D eigenvalue weighted by Gasteiger charge is -2.10. The molecule has 3 N–H and O–H groups in total. The molecule has 0 spiro atoms. The van der Waals surface area contributed by atoms with Crippen LogP contribution in [0.1, 0.15) is 16.1 Å². The summed E-state index contributed by atoms with van der Waals surface area (Å²) in [7, 11) is 0. The maximum Gasteiger partial charge on any atom is 0.307 e. The fourth-order valence-electron chi connectivity index (χ4n) is 3.04. The molecule has 0 aliphatic carbocycles. The van der Waals surface area contributed by atoms with Crippen LogP contribution in [0.2, 0.25) is 5.02 Å². The van der Waals surface area contributed by atoms with Crippen molar-refractivity contribution in [1.29, 1.82) is 0 Å². The number of carboxylic acid groups (broad SMARTS) is 1. The molecule has 3 aromatic carbocycles. The van der Waals surface area contributed by atoms with E-state index in [1.54, 1.807) is 48.5 Å². The number of halogens is 1. The van der Waals surface area contributed by atoms with Crippen molar-refractivity contribution in [3.63, 3.8) is 0 Å². The quantitative estimate of drug-likeness (QED) is 0.384. The molecule has 150 valence electrons. The molecule has 1 heterocycles. The van der Waals surface area contributed by atoms with Crippen molar-refractivity contribution in [2.45, 2.75) is 6.42 Å². The van der Waals surface area contributed by atoms with Crippen molar-refractivity contribution >= 4 is 40.1 Å². The first-order chi connectivity index (χ1) is 14.5. The van der Waals surface area contributed by atoms with E-state index in [0.29, 0.717) is 33.5 Å². The van der Waals surface area contributed by atoms with Crippen LogP contribution in [0.5, 0.6) is 11.5 Å². The topological polar surface area (TPSA) is 91.4 Å². The minimum absolute atomic E-state index is 0.106. The Labute approximate surface area is 177 Å². The van der Waals surface area contributed by atoms with Gasteiger partial charge in [0.05, 0.1) is 11.4 Å². The Bertz CT molecular complexity index is 1200. The van der Waals surface area contributed by atoms with Crippen molar-refractivity contribution in [3.05, 3.63) is 89.1 Å². The van der Waals surface area contributed by atoms with E-state index in [1.807, 2.05) is 24.3 Å². The average molecular weight is 421 g/mol. The highest BCUT2D eigenvalue weighted by molar-refractivity contribution is 6.32. The lowest BCUT2D eigenvalue weighted by Crippen LogP contribution is -2.12. The van der Waals surface area contributed by atoms with Crippen LogP contribution >= 0.6 is 11.6 Å². The highest BCUT2D eigenvalue weighted by atomic mass is 35.5. The second kappa shape index (κ2) is 8.31. The number of nitrogens with one attached hydrogen (secondary N) is 2. The molecular formula is C23H17ClN2O4. The lowest BCUT2D eigenvalue weighted by molar-refractivity contribution is -0.136. The molecule has 0 aliphatic heterocycles. The van der Waals surface area contributed by atoms with Gasteiger partial charge in [0.1, 0.15) is 17.2 Å². The average Bonchev–Trinajstić information content (AvgIpc) is 3.15. The van der Waals surface area contributed by atoms with Gasteiger partial charge in [-0.25, -0.2) is 0 Å². The van der Waals surface area contributed by atoms with Gasteiger partial charge < -0.3 is 20.1 Å². The molecule has 0 atom stereocenters. The number of carbonyl (C=O) groups excluding carboxylic acids is 1. The van der Waals surface area contributed by atoms with Crippen molar-refractivity contribution in [3.8, 4) is 11.5 Å². The van der Waals surface area contributed by atoms with E-state index in [4.69, 9.17) is 21.4 Å². The van der Waals surface area contributed by atoms with Crippen LogP contribution in [0.4, 0.5) is 5.69 Å². The molecule has 0 saturated heterocycles. The highest BCUT2D eigenvalue weighted by Crippen LogP contribution is 2.31. The molecule has 6 nitrogen and oxygen atoms in total. The maximum absolute atomic E-state index is 12.5. The molecule has 1 aromatic heterocycles. The van der Waals surface area contributed by atoms with Gasteiger partial charge in [-0.15, -0.1) is 0 Å². The van der Waals surface area contributed by atoms with Crippen molar-refractivity contribution in [1.82, 2.24) is 4.98 Å². The zero-order chi connectivity index (χ0) is 21.1. The Morgan fingerprint density at radius 1 is 1.00 bits per heavy atom. The third kappa shape index (κ3) is 4.45. The molecule has 4 rings (SSSR count). The van der Waals surface area contributed by atoms with Crippen molar-refractivity contribution in [2.75, 3.05) is 5.32 Å². The normalized spacial score (nSPS) is 10.7. The number of aliphatic carboxylic acids is 1. The third-order valence-electron chi connectivity index (χ3n) is 4.47. The number of hydrogen-bond acceptors (Lipinski definition) is 3. The number of ether oxygens (including phenoxy) is 1. The number of H-pyrrole nitrogens is 1. The number of carboxylic acids is 1. The smallest absolute Gasteiger partial charge is 0.307 e. The van der Waals surface area contributed by atoms with Gasteiger partial charge in [0, 0.05) is 16.6 Å². The zero-order valence-corrected chi connectivity index (χ0v) is 16.4. The molecule has 7 heteroatoms. The molecule has 0 bridgehead atoms. The number of para-hydroxylation sites is 1. The first-order valence-corrected chi connectivity index (χ1v) is 9.53. The number of amides is 1. The summed E-state index contributed by atoms with van der Waals surface area (Å²) in [6.45, 7) is 0. The first-order valence-electron chi connectivity index (χ1n) is 9.15. The monoisotopic (exact) mass is 420 g/mol. The fraction of sp³-hybridized carbons (Fsp3) is 0.0435. The highest BCUT2D eigenvalue weighted by Gasteiger charge is 2.11. The van der Waals surface area contributed by atoms with Crippen molar-refractivity contribution < 1.29 is 19.4 Å². The number of hydrogen-bond donors (Lipinski definition) is 3. The summed E-state index contributed by atoms with van der Waals surface area (Å²) >= 11 is 6.19. The first kappa shape index (κ1) is 19.5. The summed E-state index contributed by atoms with van der Waals surface area (Å²) in [5.41, 5.74) is 2.59. The summed E-state index contributed by atoms with van der Waals surface area (Å²) in [4.78, 5) is 26.4. The Morgan fingerprint density at radius 2 is 1.77 bits per heavy atom. The number of carbonyl (C=O) groups is 2. The minimum Gasteiger partial charge on any atom is -0.481 e. The van der Waals surface area contributed by atoms with Crippen LogP contribution in [0.25, 0.3) is 10.9 Å². The van der Waals surface area contributed by atoms with E-state index in [0.717, 1.165) is 10.9 Å². The number of rotatable bonds is 6. The third-order valence-corrected chi connectivity index (χ3v) is 4.76. The molecular weight excluding hydrogens is 404 g/mol. The predicted octanol–water partition coefficient (Wildman–Crippen LogP) is 5.49. The van der Waals surface area contributed by atoms with Crippen LogP contribution in [0.15, 0.2) is 72.8 Å². The number of benzene rings is 3. The van der Waals surface area contributed by atoms with E-state index in [2.05, 4.69) is 10.3 Å². The van der Waals surface area contributed by atoms with Gasteiger partial charge in [0.2, 0.25) is 0 Å². The Kier molecular flexibility index (Phi) is 5.41. The summed E-state index contributed by atoms with van der Waals surface area (Å²) in [6, 6.07) is 21.2. The molecule has 30 heavy (non-hydrogen) atoms. The van der Waals surface area contributed by atoms with E-state index < -0.39 is 5.97 Å². The maximum atomic E-state index is 12.5. The van der Waals surface area contributed by atoms with Gasteiger partial charge in [0.25, 0.3) is 5.91 Å². The van der Waals surface area contributed by atoms with Crippen LogP contribution in [-0.4, -0.2) is 22.0 Å². The second-order valence-electron chi connectivity index (χ2n) is 6.69. The van der Waals surface area contributed by atoms with Gasteiger partial charge in [-0.05, 0) is 54.1 Å². The Morgan fingerprint density at radius 3 is 2.47 bits per heavy atom.